The van der Waals surface area contributed by atoms with Crippen LogP contribution in [0.1, 0.15) is 16.1 Å². The van der Waals surface area contributed by atoms with Crippen LogP contribution in [0.15, 0.2) is 35.2 Å². The van der Waals surface area contributed by atoms with E-state index in [0.29, 0.717) is 17.6 Å². The van der Waals surface area contributed by atoms with E-state index < -0.39 is 11.6 Å². The van der Waals surface area contributed by atoms with Crippen LogP contribution in [-0.2, 0) is 6.54 Å². The van der Waals surface area contributed by atoms with Gasteiger partial charge in [0.2, 0.25) is 5.78 Å². The molecule has 0 fully saturated rings. The normalized spacial score (nSPS) is 10.6. The van der Waals surface area contributed by atoms with Gasteiger partial charge in [0.15, 0.2) is 0 Å². The van der Waals surface area contributed by atoms with Gasteiger partial charge < -0.3 is 10.3 Å². The molecule has 18 heavy (non-hydrogen) atoms. The summed E-state index contributed by atoms with van der Waals surface area (Å²) in [5, 5.41) is 0. The Morgan fingerprint density at radius 3 is 3.00 bits per heavy atom. The van der Waals surface area contributed by atoms with Gasteiger partial charge in [-0.05, 0) is 18.2 Å². The van der Waals surface area contributed by atoms with Crippen molar-refractivity contribution in [3.8, 4) is 0 Å². The summed E-state index contributed by atoms with van der Waals surface area (Å²) in [7, 11) is 0. The number of rotatable bonds is 4. The van der Waals surface area contributed by atoms with Crippen LogP contribution in [0, 0.1) is 5.82 Å². The Balaban J connectivity index is 2.32. The molecular weight excluding hydrogens is 301 g/mol. The van der Waals surface area contributed by atoms with Crippen molar-refractivity contribution in [2.24, 2.45) is 5.73 Å². The van der Waals surface area contributed by atoms with E-state index in [-0.39, 0.29) is 11.3 Å². The van der Waals surface area contributed by atoms with Gasteiger partial charge in [0.05, 0.1) is 11.9 Å². The zero-order chi connectivity index (χ0) is 13.1. The van der Waals surface area contributed by atoms with Crippen molar-refractivity contribution in [1.29, 1.82) is 0 Å². The van der Waals surface area contributed by atoms with E-state index in [2.05, 4.69) is 20.9 Å². The fourth-order valence-corrected chi connectivity index (χ4v) is 1.92. The Bertz CT molecular complexity index is 582. The summed E-state index contributed by atoms with van der Waals surface area (Å²) in [5.74, 6) is -0.999. The van der Waals surface area contributed by atoms with E-state index in [4.69, 9.17) is 5.73 Å². The largest absolute Gasteiger partial charge is 0.335 e. The average Bonchev–Trinajstić information content (AvgIpc) is 2.80. The van der Waals surface area contributed by atoms with Gasteiger partial charge in [0, 0.05) is 23.8 Å². The number of imidazole rings is 1. The third kappa shape index (κ3) is 2.65. The molecule has 0 saturated carbocycles. The van der Waals surface area contributed by atoms with Gasteiger partial charge in [0.25, 0.3) is 0 Å². The van der Waals surface area contributed by atoms with E-state index in [1.807, 2.05) is 0 Å². The summed E-state index contributed by atoms with van der Waals surface area (Å²) >= 11 is 3.21. The Kier molecular flexibility index (Phi) is 3.88. The van der Waals surface area contributed by atoms with Gasteiger partial charge in [-0.25, -0.2) is 9.37 Å². The first-order valence-corrected chi connectivity index (χ1v) is 6.12. The monoisotopic (exact) mass is 311 g/mol. The second kappa shape index (κ2) is 5.41. The van der Waals surface area contributed by atoms with Crippen molar-refractivity contribution >= 4 is 21.7 Å². The Morgan fingerprint density at radius 1 is 1.50 bits per heavy atom. The zero-order valence-corrected chi connectivity index (χ0v) is 11.0. The number of halogens is 2. The highest BCUT2D eigenvalue weighted by Crippen LogP contribution is 2.18. The van der Waals surface area contributed by atoms with Crippen molar-refractivity contribution in [2.45, 2.75) is 6.54 Å². The molecule has 94 valence electrons. The first kappa shape index (κ1) is 12.9. The highest BCUT2D eigenvalue weighted by molar-refractivity contribution is 9.10. The molecule has 0 bridgehead atoms. The van der Waals surface area contributed by atoms with Crippen molar-refractivity contribution in [3.63, 3.8) is 0 Å². The van der Waals surface area contributed by atoms with Gasteiger partial charge >= 0.3 is 0 Å². The molecule has 1 aromatic heterocycles. The number of carbonyl (C=O) groups is 1. The zero-order valence-electron chi connectivity index (χ0n) is 9.44. The molecular formula is C12H11BrFN3O. The highest BCUT2D eigenvalue weighted by atomic mass is 79.9. The lowest BCUT2D eigenvalue weighted by Gasteiger charge is -2.01. The summed E-state index contributed by atoms with van der Waals surface area (Å²) in [6, 6.07) is 4.23. The third-order valence-corrected chi connectivity index (χ3v) is 2.92. The minimum absolute atomic E-state index is 0.00220. The highest BCUT2D eigenvalue weighted by Gasteiger charge is 2.16. The standard InChI is InChI=1S/C12H11BrFN3O/c13-8-1-2-10(14)9(5-8)12(18)11-6-17(4-3-15)7-16-11/h1-2,5-7H,3-4,15H2. The summed E-state index contributed by atoms with van der Waals surface area (Å²) in [6.07, 6.45) is 3.07. The SMILES string of the molecule is NCCn1cnc(C(=O)c2cc(Br)ccc2F)c1. The lowest BCUT2D eigenvalue weighted by Crippen LogP contribution is -2.08. The molecule has 0 aliphatic carbocycles. The molecule has 4 nitrogen and oxygen atoms in total. The first-order chi connectivity index (χ1) is 8.61. The number of benzene rings is 1. The van der Waals surface area contributed by atoms with E-state index in [1.165, 1.54) is 18.5 Å². The fraction of sp³-hybridized carbons (Fsp3) is 0.167. The molecule has 2 aromatic rings. The number of aromatic nitrogens is 2. The van der Waals surface area contributed by atoms with Crippen LogP contribution in [0.2, 0.25) is 0 Å². The molecule has 2 rings (SSSR count). The minimum Gasteiger partial charge on any atom is -0.335 e. The molecule has 0 amide bonds. The van der Waals surface area contributed by atoms with Crippen LogP contribution in [-0.4, -0.2) is 21.9 Å². The molecule has 0 unspecified atom stereocenters. The molecule has 0 atom stereocenters. The summed E-state index contributed by atoms with van der Waals surface area (Å²) in [4.78, 5) is 16.0. The number of nitrogens with two attached hydrogens (primary N) is 1. The number of hydrogen-bond acceptors (Lipinski definition) is 3. The van der Waals surface area contributed by atoms with Crippen LogP contribution >= 0.6 is 15.9 Å². The second-order valence-electron chi connectivity index (χ2n) is 3.74. The van der Waals surface area contributed by atoms with Gasteiger partial charge in [0.1, 0.15) is 11.5 Å². The lowest BCUT2D eigenvalue weighted by atomic mass is 10.1. The van der Waals surface area contributed by atoms with E-state index in [0.717, 1.165) is 0 Å². The quantitative estimate of drug-likeness (QED) is 0.878. The summed E-state index contributed by atoms with van der Waals surface area (Å²) in [5.41, 5.74) is 5.61. The van der Waals surface area contributed by atoms with Crippen LogP contribution < -0.4 is 5.73 Å². The summed E-state index contributed by atoms with van der Waals surface area (Å²) < 4.78 is 15.9. The van der Waals surface area contributed by atoms with Crippen LogP contribution in [0.3, 0.4) is 0 Å². The Morgan fingerprint density at radius 2 is 2.28 bits per heavy atom. The molecule has 0 radical (unpaired) electrons. The molecule has 0 saturated heterocycles. The van der Waals surface area contributed by atoms with Gasteiger partial charge in [-0.3, -0.25) is 4.79 Å². The number of hydrogen-bond donors (Lipinski definition) is 1. The maximum atomic E-state index is 13.6. The van der Waals surface area contributed by atoms with E-state index in [1.54, 1.807) is 16.8 Å². The minimum atomic E-state index is -0.559. The topological polar surface area (TPSA) is 60.9 Å². The molecule has 1 heterocycles. The fourth-order valence-electron chi connectivity index (χ4n) is 1.56. The van der Waals surface area contributed by atoms with Crippen molar-refractivity contribution in [3.05, 3.63) is 52.3 Å². The van der Waals surface area contributed by atoms with Gasteiger partial charge in [-0.2, -0.15) is 0 Å². The molecule has 1 aromatic carbocycles. The first-order valence-electron chi connectivity index (χ1n) is 5.33. The molecule has 0 aliphatic rings. The lowest BCUT2D eigenvalue weighted by molar-refractivity contribution is 0.103. The number of nitrogens with zero attached hydrogens (tertiary/aromatic N) is 2. The molecule has 0 aliphatic heterocycles. The molecule has 6 heteroatoms. The van der Waals surface area contributed by atoms with E-state index >= 15 is 0 Å². The predicted octanol–water partition coefficient (Wildman–Crippen LogP) is 1.97. The van der Waals surface area contributed by atoms with Crippen molar-refractivity contribution in [1.82, 2.24) is 9.55 Å². The van der Waals surface area contributed by atoms with Gasteiger partial charge in [-0.15, -0.1) is 0 Å². The number of ketones is 1. The maximum Gasteiger partial charge on any atom is 0.215 e. The Labute approximate surface area is 112 Å². The predicted molar refractivity (Wildman–Crippen MR) is 68.8 cm³/mol. The summed E-state index contributed by atoms with van der Waals surface area (Å²) in [6.45, 7) is 1.02. The van der Waals surface area contributed by atoms with Crippen molar-refractivity contribution in [2.75, 3.05) is 6.54 Å². The third-order valence-electron chi connectivity index (χ3n) is 2.43. The van der Waals surface area contributed by atoms with Gasteiger partial charge in [-0.1, -0.05) is 15.9 Å². The molecule has 0 spiro atoms. The molecule has 2 N–H and O–H groups in total. The second-order valence-corrected chi connectivity index (χ2v) is 4.65. The average molecular weight is 312 g/mol. The van der Waals surface area contributed by atoms with Crippen LogP contribution in [0.4, 0.5) is 4.39 Å². The Hall–Kier alpha value is -1.53. The van der Waals surface area contributed by atoms with E-state index in [9.17, 15) is 9.18 Å². The van der Waals surface area contributed by atoms with Crippen LogP contribution in [0.5, 0.6) is 0 Å². The maximum absolute atomic E-state index is 13.6. The van der Waals surface area contributed by atoms with Crippen LogP contribution in [0.25, 0.3) is 0 Å². The smallest absolute Gasteiger partial charge is 0.215 e. The number of carbonyl (C=O) groups excluding carboxylic acids is 1. The van der Waals surface area contributed by atoms with Crippen molar-refractivity contribution < 1.29 is 9.18 Å².